The van der Waals surface area contributed by atoms with Crippen LogP contribution in [0, 0.1) is 35.5 Å². The molecule has 4 nitrogen and oxygen atoms in total. The molecule has 4 aliphatic carbocycles. The van der Waals surface area contributed by atoms with E-state index in [2.05, 4.69) is 0 Å². The van der Waals surface area contributed by atoms with Gasteiger partial charge in [-0.05, 0) is 49.4 Å². The van der Waals surface area contributed by atoms with E-state index in [-0.39, 0.29) is 11.8 Å². The molecule has 4 aliphatic rings. The van der Waals surface area contributed by atoms with Crippen LogP contribution in [0.25, 0.3) is 0 Å². The monoisotopic (exact) mass is 224 g/mol. The van der Waals surface area contributed by atoms with E-state index in [0.717, 1.165) is 25.7 Å². The van der Waals surface area contributed by atoms with Gasteiger partial charge in [-0.3, -0.25) is 9.59 Å². The molecule has 6 atom stereocenters. The highest BCUT2D eigenvalue weighted by Gasteiger charge is 2.61. The highest BCUT2D eigenvalue weighted by molar-refractivity contribution is 5.81. The van der Waals surface area contributed by atoms with Crippen LogP contribution in [0.2, 0.25) is 0 Å². The summed E-state index contributed by atoms with van der Waals surface area (Å²) in [4.78, 5) is 22.5. The SMILES string of the molecule is O=C(O)[C@@H]1[C@H]2CC[C@@H]([C@H]3CC[C@@H]32)[C@H]1C(=O)O. The Morgan fingerprint density at radius 2 is 1.00 bits per heavy atom. The van der Waals surface area contributed by atoms with Gasteiger partial charge in [-0.2, -0.15) is 0 Å². The molecule has 4 rings (SSSR count). The zero-order chi connectivity index (χ0) is 11.4. The molecule has 88 valence electrons. The Morgan fingerprint density at radius 3 is 1.25 bits per heavy atom. The van der Waals surface area contributed by atoms with Crippen LogP contribution in [0.15, 0.2) is 0 Å². The molecule has 2 bridgehead atoms. The van der Waals surface area contributed by atoms with E-state index >= 15 is 0 Å². The Hall–Kier alpha value is -1.06. The second kappa shape index (κ2) is 3.22. The van der Waals surface area contributed by atoms with Gasteiger partial charge in [-0.25, -0.2) is 0 Å². The number of rotatable bonds is 2. The summed E-state index contributed by atoms with van der Waals surface area (Å²) in [7, 11) is 0. The molecule has 0 unspecified atom stereocenters. The molecule has 16 heavy (non-hydrogen) atoms. The molecule has 0 aromatic carbocycles. The van der Waals surface area contributed by atoms with Crippen LogP contribution in [0.1, 0.15) is 25.7 Å². The normalized spacial score (nSPS) is 49.2. The van der Waals surface area contributed by atoms with Crippen molar-refractivity contribution in [3.8, 4) is 0 Å². The second-order valence-corrected chi connectivity index (χ2v) is 5.54. The first kappa shape index (κ1) is 10.1. The molecule has 0 radical (unpaired) electrons. The largest absolute Gasteiger partial charge is 0.481 e. The summed E-state index contributed by atoms with van der Waals surface area (Å²) in [6.07, 6.45) is 4.07. The summed E-state index contributed by atoms with van der Waals surface area (Å²) in [6.45, 7) is 0. The zero-order valence-electron chi connectivity index (χ0n) is 9.00. The van der Waals surface area contributed by atoms with Gasteiger partial charge in [-0.1, -0.05) is 0 Å². The van der Waals surface area contributed by atoms with Crippen molar-refractivity contribution in [2.24, 2.45) is 35.5 Å². The Balaban J connectivity index is 1.97. The Bertz CT molecular complexity index is 317. The molecule has 0 heterocycles. The summed E-state index contributed by atoms with van der Waals surface area (Å²) < 4.78 is 0. The quantitative estimate of drug-likeness (QED) is 0.744. The maximum absolute atomic E-state index is 11.3. The van der Waals surface area contributed by atoms with Gasteiger partial charge in [-0.15, -0.1) is 0 Å². The first-order valence-corrected chi connectivity index (χ1v) is 6.07. The third-order valence-electron chi connectivity index (χ3n) is 5.20. The molecule has 4 heteroatoms. The van der Waals surface area contributed by atoms with Gasteiger partial charge in [0.2, 0.25) is 0 Å². The van der Waals surface area contributed by atoms with Crippen molar-refractivity contribution in [3.63, 3.8) is 0 Å². The molecular formula is C12H16O4. The molecule has 0 spiro atoms. The number of carboxylic acids is 2. The first-order chi connectivity index (χ1) is 7.61. The van der Waals surface area contributed by atoms with E-state index in [4.69, 9.17) is 0 Å². The average molecular weight is 224 g/mol. The number of aliphatic carboxylic acids is 2. The highest BCUT2D eigenvalue weighted by Crippen LogP contribution is 2.62. The molecular weight excluding hydrogens is 208 g/mol. The lowest BCUT2D eigenvalue weighted by atomic mass is 9.44. The summed E-state index contributed by atoms with van der Waals surface area (Å²) in [5, 5.41) is 18.5. The Morgan fingerprint density at radius 1 is 0.688 bits per heavy atom. The average Bonchev–Trinajstić information content (AvgIpc) is 2.15. The predicted octanol–water partition coefficient (Wildman–Crippen LogP) is 1.45. The summed E-state index contributed by atoms with van der Waals surface area (Å²) >= 11 is 0. The van der Waals surface area contributed by atoms with Crippen LogP contribution in [-0.4, -0.2) is 22.2 Å². The van der Waals surface area contributed by atoms with E-state index in [1.165, 1.54) is 0 Å². The maximum Gasteiger partial charge on any atom is 0.307 e. The number of carboxylic acid groups (broad SMARTS) is 2. The molecule has 0 aromatic rings. The first-order valence-electron chi connectivity index (χ1n) is 6.07. The molecule has 0 saturated heterocycles. The molecule has 0 aromatic heterocycles. The van der Waals surface area contributed by atoms with Crippen molar-refractivity contribution in [1.82, 2.24) is 0 Å². The Labute approximate surface area is 93.6 Å². The van der Waals surface area contributed by atoms with Crippen molar-refractivity contribution in [3.05, 3.63) is 0 Å². The van der Waals surface area contributed by atoms with E-state index in [1.807, 2.05) is 0 Å². The van der Waals surface area contributed by atoms with Crippen molar-refractivity contribution in [1.29, 1.82) is 0 Å². The van der Waals surface area contributed by atoms with E-state index < -0.39 is 23.8 Å². The van der Waals surface area contributed by atoms with Gasteiger partial charge in [0.1, 0.15) is 0 Å². The fourth-order valence-corrected chi connectivity index (χ4v) is 4.53. The van der Waals surface area contributed by atoms with E-state index in [1.54, 1.807) is 0 Å². The van der Waals surface area contributed by atoms with Gasteiger partial charge in [0.25, 0.3) is 0 Å². The smallest absolute Gasteiger partial charge is 0.307 e. The number of carbonyl (C=O) groups is 2. The predicted molar refractivity (Wildman–Crippen MR) is 54.7 cm³/mol. The van der Waals surface area contributed by atoms with Crippen molar-refractivity contribution < 1.29 is 19.8 Å². The third-order valence-corrected chi connectivity index (χ3v) is 5.20. The lowest BCUT2D eigenvalue weighted by Crippen LogP contribution is -2.58. The van der Waals surface area contributed by atoms with Crippen LogP contribution in [0.3, 0.4) is 0 Å². The van der Waals surface area contributed by atoms with Gasteiger partial charge >= 0.3 is 11.9 Å². The fraction of sp³-hybridized carbons (Fsp3) is 0.833. The third kappa shape index (κ3) is 1.10. The van der Waals surface area contributed by atoms with E-state index in [0.29, 0.717) is 11.8 Å². The molecule has 2 N–H and O–H groups in total. The van der Waals surface area contributed by atoms with Crippen LogP contribution in [-0.2, 0) is 9.59 Å². The lowest BCUT2D eigenvalue weighted by molar-refractivity contribution is -0.185. The van der Waals surface area contributed by atoms with Crippen LogP contribution < -0.4 is 0 Å². The van der Waals surface area contributed by atoms with Gasteiger partial charge in [0.15, 0.2) is 0 Å². The van der Waals surface area contributed by atoms with Gasteiger partial charge in [0, 0.05) is 0 Å². The van der Waals surface area contributed by atoms with E-state index in [9.17, 15) is 19.8 Å². The second-order valence-electron chi connectivity index (χ2n) is 5.54. The number of hydrogen-bond acceptors (Lipinski definition) is 2. The lowest BCUT2D eigenvalue weighted by Gasteiger charge is -2.59. The zero-order valence-corrected chi connectivity index (χ0v) is 9.00. The van der Waals surface area contributed by atoms with Gasteiger partial charge < -0.3 is 10.2 Å². The Kier molecular flexibility index (Phi) is 2.03. The molecule has 0 aliphatic heterocycles. The molecule has 4 fully saturated rings. The minimum absolute atomic E-state index is 0.127. The fourth-order valence-electron chi connectivity index (χ4n) is 4.53. The van der Waals surface area contributed by atoms with Crippen LogP contribution in [0.5, 0.6) is 0 Å². The summed E-state index contributed by atoms with van der Waals surface area (Å²) in [5.41, 5.74) is 0. The van der Waals surface area contributed by atoms with Gasteiger partial charge in [0.05, 0.1) is 11.8 Å². The number of fused-ring (bicyclic) bond motifs is 2. The minimum atomic E-state index is -0.896. The standard InChI is InChI=1S/C12H16O4/c13-11(14)9-7-3-4-8(10(9)12(15)16)6-2-1-5(6)7/h5-10H,1-4H2,(H,13,14)(H,15,16)/t5-,6-,7-,8-,9+,10+/m0/s1. The van der Waals surface area contributed by atoms with Crippen LogP contribution in [0.4, 0.5) is 0 Å². The maximum atomic E-state index is 11.3. The minimum Gasteiger partial charge on any atom is -0.481 e. The van der Waals surface area contributed by atoms with Crippen molar-refractivity contribution >= 4 is 11.9 Å². The molecule has 4 saturated carbocycles. The summed E-state index contributed by atoms with van der Waals surface area (Å²) in [6, 6.07) is 0. The topological polar surface area (TPSA) is 74.6 Å². The molecule has 0 amide bonds. The van der Waals surface area contributed by atoms with Crippen LogP contribution >= 0.6 is 0 Å². The van der Waals surface area contributed by atoms with Crippen molar-refractivity contribution in [2.75, 3.05) is 0 Å². The van der Waals surface area contributed by atoms with Crippen molar-refractivity contribution in [2.45, 2.75) is 25.7 Å². The highest BCUT2D eigenvalue weighted by atomic mass is 16.4. The summed E-state index contributed by atoms with van der Waals surface area (Å²) in [5.74, 6) is -1.77. The number of hydrogen-bond donors (Lipinski definition) is 2.